The van der Waals surface area contributed by atoms with E-state index in [2.05, 4.69) is 23.2 Å². The molecule has 94 valence electrons. The molecular weight excluding hydrogens is 214 g/mol. The second kappa shape index (κ2) is 5.50. The third-order valence-electron chi connectivity index (χ3n) is 4.00. The van der Waals surface area contributed by atoms with Gasteiger partial charge in [-0.05, 0) is 31.6 Å². The Morgan fingerprint density at radius 1 is 1.47 bits per heavy atom. The average Bonchev–Trinajstić information content (AvgIpc) is 2.54. The van der Waals surface area contributed by atoms with E-state index in [1.54, 1.807) is 0 Å². The summed E-state index contributed by atoms with van der Waals surface area (Å²) in [5.41, 5.74) is 0. The van der Waals surface area contributed by atoms with E-state index in [-0.39, 0.29) is 17.9 Å². The van der Waals surface area contributed by atoms with Gasteiger partial charge in [-0.15, -0.1) is 0 Å². The fraction of sp³-hybridized carbons (Fsp3) is 0.846. The third-order valence-corrected chi connectivity index (χ3v) is 4.00. The minimum atomic E-state index is 0.108. The highest BCUT2D eigenvalue weighted by atomic mass is 16.2. The third kappa shape index (κ3) is 2.98. The van der Waals surface area contributed by atoms with E-state index < -0.39 is 0 Å². The van der Waals surface area contributed by atoms with Crippen LogP contribution < -0.4 is 5.32 Å². The van der Waals surface area contributed by atoms with Gasteiger partial charge in [0.2, 0.25) is 5.91 Å². The summed E-state index contributed by atoms with van der Waals surface area (Å²) in [6.07, 6.45) is 4.19. The number of carbonyl (C=O) groups is 1. The molecule has 2 aliphatic rings. The molecule has 1 N–H and O–H groups in total. The maximum atomic E-state index is 11.6. The first-order chi connectivity index (χ1) is 8.20. The Morgan fingerprint density at radius 2 is 2.29 bits per heavy atom. The van der Waals surface area contributed by atoms with E-state index in [9.17, 15) is 10.1 Å². The lowest BCUT2D eigenvalue weighted by atomic mass is 9.79. The summed E-state index contributed by atoms with van der Waals surface area (Å²) in [4.78, 5) is 13.8. The van der Waals surface area contributed by atoms with Crippen LogP contribution in [0.2, 0.25) is 0 Å². The van der Waals surface area contributed by atoms with Crippen molar-refractivity contribution < 1.29 is 4.79 Å². The molecule has 1 aliphatic carbocycles. The molecule has 0 bridgehead atoms. The number of nitriles is 1. The van der Waals surface area contributed by atoms with Gasteiger partial charge in [-0.3, -0.25) is 9.69 Å². The average molecular weight is 235 g/mol. The topological polar surface area (TPSA) is 56.1 Å². The zero-order chi connectivity index (χ0) is 12.3. The Kier molecular flexibility index (Phi) is 4.01. The molecule has 0 aromatic carbocycles. The van der Waals surface area contributed by atoms with Gasteiger partial charge in [0.25, 0.3) is 0 Å². The maximum Gasteiger partial charge on any atom is 0.234 e. The number of nitrogens with zero attached hydrogens (tertiary/aromatic N) is 2. The van der Waals surface area contributed by atoms with Gasteiger partial charge in [0, 0.05) is 19.1 Å². The molecule has 0 aromatic heterocycles. The molecule has 0 spiro atoms. The van der Waals surface area contributed by atoms with Crippen LogP contribution in [0.1, 0.15) is 32.6 Å². The fourth-order valence-corrected chi connectivity index (χ4v) is 3.02. The summed E-state index contributed by atoms with van der Waals surface area (Å²) in [6.45, 7) is 4.43. The van der Waals surface area contributed by atoms with Crippen LogP contribution in [0.4, 0.5) is 0 Å². The maximum absolute atomic E-state index is 11.6. The van der Waals surface area contributed by atoms with E-state index in [0.29, 0.717) is 12.5 Å². The molecule has 4 heteroatoms. The van der Waals surface area contributed by atoms with Crippen molar-refractivity contribution in [3.05, 3.63) is 0 Å². The molecule has 3 unspecified atom stereocenters. The van der Waals surface area contributed by atoms with Crippen LogP contribution in [0.5, 0.6) is 0 Å². The highest BCUT2D eigenvalue weighted by Crippen LogP contribution is 2.32. The monoisotopic (exact) mass is 235 g/mol. The number of hydrogen-bond acceptors (Lipinski definition) is 3. The molecule has 1 saturated heterocycles. The van der Waals surface area contributed by atoms with E-state index in [4.69, 9.17) is 0 Å². The Labute approximate surface area is 103 Å². The van der Waals surface area contributed by atoms with Crippen molar-refractivity contribution in [1.29, 1.82) is 5.26 Å². The minimum Gasteiger partial charge on any atom is -0.355 e. The normalized spacial score (nSPS) is 35.8. The molecular formula is C13H21N3O. The van der Waals surface area contributed by atoms with Gasteiger partial charge in [-0.2, -0.15) is 5.26 Å². The Bertz CT molecular complexity index is 323. The largest absolute Gasteiger partial charge is 0.355 e. The second-order valence-electron chi connectivity index (χ2n) is 5.40. The molecule has 1 saturated carbocycles. The zero-order valence-corrected chi connectivity index (χ0v) is 10.5. The zero-order valence-electron chi connectivity index (χ0n) is 10.5. The van der Waals surface area contributed by atoms with Crippen molar-refractivity contribution in [1.82, 2.24) is 10.2 Å². The summed E-state index contributed by atoms with van der Waals surface area (Å²) in [5, 5.41) is 12.1. The number of nitrogens with one attached hydrogen (secondary N) is 1. The molecule has 2 fully saturated rings. The van der Waals surface area contributed by atoms with Gasteiger partial charge >= 0.3 is 0 Å². The predicted octanol–water partition coefficient (Wildman–Crippen LogP) is 1.14. The Morgan fingerprint density at radius 3 is 3.06 bits per heavy atom. The van der Waals surface area contributed by atoms with E-state index in [1.165, 1.54) is 0 Å². The minimum absolute atomic E-state index is 0.108. The van der Waals surface area contributed by atoms with E-state index >= 15 is 0 Å². The molecule has 0 radical (unpaired) electrons. The number of hydrogen-bond donors (Lipinski definition) is 1. The number of rotatable bonds is 1. The molecule has 1 heterocycles. The van der Waals surface area contributed by atoms with Crippen LogP contribution in [-0.2, 0) is 4.79 Å². The second-order valence-corrected chi connectivity index (χ2v) is 5.40. The number of carbonyl (C=O) groups excluding carboxylic acids is 1. The summed E-state index contributed by atoms with van der Waals surface area (Å²) < 4.78 is 0. The molecule has 3 atom stereocenters. The van der Waals surface area contributed by atoms with Crippen molar-refractivity contribution in [2.24, 2.45) is 11.8 Å². The van der Waals surface area contributed by atoms with Crippen molar-refractivity contribution in [3.8, 4) is 6.07 Å². The molecule has 0 aromatic rings. The summed E-state index contributed by atoms with van der Waals surface area (Å²) in [7, 11) is 0. The smallest absolute Gasteiger partial charge is 0.234 e. The molecule has 1 aliphatic heterocycles. The highest BCUT2D eigenvalue weighted by molar-refractivity contribution is 5.78. The first kappa shape index (κ1) is 12.4. The Balaban J connectivity index is 2.06. The predicted molar refractivity (Wildman–Crippen MR) is 65.1 cm³/mol. The molecule has 4 nitrogen and oxygen atoms in total. The summed E-state index contributed by atoms with van der Waals surface area (Å²) in [6, 6.07) is 2.72. The van der Waals surface area contributed by atoms with E-state index in [1.807, 2.05) is 0 Å². The summed E-state index contributed by atoms with van der Waals surface area (Å²) >= 11 is 0. The van der Waals surface area contributed by atoms with Gasteiger partial charge in [-0.1, -0.05) is 6.92 Å². The summed E-state index contributed by atoms with van der Waals surface area (Å²) in [5.74, 6) is 0.894. The van der Waals surface area contributed by atoms with Crippen molar-refractivity contribution >= 4 is 5.91 Å². The van der Waals surface area contributed by atoms with Crippen molar-refractivity contribution in [2.45, 2.75) is 38.6 Å². The van der Waals surface area contributed by atoms with E-state index in [0.717, 1.165) is 38.8 Å². The lowest BCUT2D eigenvalue weighted by Crippen LogP contribution is -2.46. The molecule has 1 amide bonds. The van der Waals surface area contributed by atoms with Crippen LogP contribution >= 0.6 is 0 Å². The number of amides is 1. The molecule has 2 rings (SSSR count). The first-order valence-electron chi connectivity index (χ1n) is 6.61. The van der Waals surface area contributed by atoms with Crippen LogP contribution in [0.25, 0.3) is 0 Å². The van der Waals surface area contributed by atoms with Crippen LogP contribution in [0.3, 0.4) is 0 Å². The fourth-order valence-electron chi connectivity index (χ4n) is 3.02. The highest BCUT2D eigenvalue weighted by Gasteiger charge is 2.34. The van der Waals surface area contributed by atoms with Gasteiger partial charge in [0.15, 0.2) is 0 Å². The first-order valence-corrected chi connectivity index (χ1v) is 6.61. The van der Waals surface area contributed by atoms with Gasteiger partial charge in [0.1, 0.15) is 0 Å². The van der Waals surface area contributed by atoms with Crippen LogP contribution in [0.15, 0.2) is 0 Å². The quantitative estimate of drug-likeness (QED) is 0.741. The van der Waals surface area contributed by atoms with Crippen LogP contribution in [-0.4, -0.2) is 36.5 Å². The lowest BCUT2D eigenvalue weighted by molar-refractivity contribution is -0.122. The van der Waals surface area contributed by atoms with Gasteiger partial charge in [0.05, 0.1) is 18.5 Å². The lowest BCUT2D eigenvalue weighted by Gasteiger charge is -2.38. The Hall–Kier alpha value is -1.08. The van der Waals surface area contributed by atoms with Gasteiger partial charge in [-0.25, -0.2) is 0 Å². The van der Waals surface area contributed by atoms with Gasteiger partial charge < -0.3 is 5.32 Å². The molecule has 17 heavy (non-hydrogen) atoms. The van der Waals surface area contributed by atoms with Crippen molar-refractivity contribution in [2.75, 3.05) is 19.6 Å². The SMILES string of the molecule is CC1CCC(C#N)C(N2CCCNC(=O)C2)C1. The standard InChI is InChI=1S/C13H21N3O/c1-10-3-4-11(8-14)12(7-10)16-6-2-5-15-13(17)9-16/h10-12H,2-7,9H2,1H3,(H,15,17). The van der Waals surface area contributed by atoms with Crippen LogP contribution in [0, 0.1) is 23.2 Å². The van der Waals surface area contributed by atoms with Crippen molar-refractivity contribution in [3.63, 3.8) is 0 Å².